The molecule has 2 aliphatic rings. The average molecular weight is 227 g/mol. The molecule has 0 aromatic heterocycles. The van der Waals surface area contributed by atoms with Gasteiger partial charge in [0, 0.05) is 38.8 Å². The highest BCUT2D eigenvalue weighted by Crippen LogP contribution is 2.27. The lowest BCUT2D eigenvalue weighted by molar-refractivity contribution is -0.142. The second-order valence-electron chi connectivity index (χ2n) is 5.17. The number of carboxylic acid groups (broad SMARTS) is 1. The number of nitrogens with zero attached hydrogens (tertiary/aromatic N) is 2. The van der Waals surface area contributed by atoms with E-state index in [4.69, 9.17) is 5.11 Å². The first-order valence-electron chi connectivity index (χ1n) is 5.91. The number of nitrogens with one attached hydrogen (secondary N) is 1. The molecule has 0 radical (unpaired) electrons. The molecule has 0 aliphatic carbocycles. The summed E-state index contributed by atoms with van der Waals surface area (Å²) in [5, 5.41) is 12.2. The molecule has 5 heteroatoms. The first kappa shape index (κ1) is 11.8. The van der Waals surface area contributed by atoms with Gasteiger partial charge in [-0.3, -0.25) is 9.69 Å². The molecule has 2 fully saturated rings. The van der Waals surface area contributed by atoms with Gasteiger partial charge >= 0.3 is 5.97 Å². The molecule has 92 valence electrons. The summed E-state index contributed by atoms with van der Waals surface area (Å²) >= 11 is 0. The molecule has 2 aliphatic heterocycles. The van der Waals surface area contributed by atoms with Crippen LogP contribution in [-0.4, -0.2) is 72.2 Å². The molecular weight excluding hydrogens is 206 g/mol. The predicted molar refractivity (Wildman–Crippen MR) is 61.5 cm³/mol. The van der Waals surface area contributed by atoms with Crippen LogP contribution in [-0.2, 0) is 4.79 Å². The predicted octanol–water partition coefficient (Wildman–Crippen LogP) is -0.561. The molecule has 0 saturated carbocycles. The van der Waals surface area contributed by atoms with E-state index < -0.39 is 5.97 Å². The van der Waals surface area contributed by atoms with E-state index >= 15 is 0 Å². The molecule has 2 rings (SSSR count). The van der Waals surface area contributed by atoms with Gasteiger partial charge in [-0.25, -0.2) is 0 Å². The van der Waals surface area contributed by atoms with Gasteiger partial charge in [0.2, 0.25) is 0 Å². The molecule has 5 nitrogen and oxygen atoms in total. The maximum absolute atomic E-state index is 10.9. The van der Waals surface area contributed by atoms with Gasteiger partial charge in [0.15, 0.2) is 0 Å². The van der Waals surface area contributed by atoms with Crippen molar-refractivity contribution in [2.24, 2.45) is 0 Å². The quantitative estimate of drug-likeness (QED) is 0.677. The molecular formula is C11H21N3O2. The zero-order chi connectivity index (χ0) is 11.8. The van der Waals surface area contributed by atoms with E-state index in [0.717, 1.165) is 32.7 Å². The Morgan fingerprint density at radius 2 is 2.19 bits per heavy atom. The largest absolute Gasteiger partial charge is 0.481 e. The van der Waals surface area contributed by atoms with Gasteiger partial charge < -0.3 is 15.3 Å². The van der Waals surface area contributed by atoms with Gasteiger partial charge in [-0.2, -0.15) is 0 Å². The Morgan fingerprint density at radius 3 is 2.62 bits per heavy atom. The summed E-state index contributed by atoms with van der Waals surface area (Å²) in [5.74, 6) is -0.687. The van der Waals surface area contributed by atoms with E-state index in [9.17, 15) is 4.79 Å². The molecule has 16 heavy (non-hydrogen) atoms. The van der Waals surface area contributed by atoms with Crippen molar-refractivity contribution in [3.8, 4) is 0 Å². The van der Waals surface area contributed by atoms with E-state index in [1.165, 1.54) is 0 Å². The van der Waals surface area contributed by atoms with Crippen LogP contribution in [0.15, 0.2) is 0 Å². The summed E-state index contributed by atoms with van der Waals surface area (Å²) < 4.78 is 0. The minimum Gasteiger partial charge on any atom is -0.481 e. The summed E-state index contributed by atoms with van der Waals surface area (Å²) in [5.41, 5.74) is -0.124. The second kappa shape index (κ2) is 4.31. The lowest BCUT2D eigenvalue weighted by Gasteiger charge is -2.53. The first-order chi connectivity index (χ1) is 7.53. The SMILES string of the molecule is CC1CN(C2(CC(=O)O)CNC2)CCN1C. The normalized spacial score (nSPS) is 31.0. The van der Waals surface area contributed by atoms with Gasteiger partial charge in [-0.15, -0.1) is 0 Å². The highest BCUT2D eigenvalue weighted by atomic mass is 16.4. The van der Waals surface area contributed by atoms with E-state index in [1.54, 1.807) is 0 Å². The van der Waals surface area contributed by atoms with Crippen LogP contribution < -0.4 is 5.32 Å². The van der Waals surface area contributed by atoms with Crippen LogP contribution >= 0.6 is 0 Å². The van der Waals surface area contributed by atoms with E-state index in [-0.39, 0.29) is 12.0 Å². The Morgan fingerprint density at radius 1 is 1.50 bits per heavy atom. The lowest BCUT2D eigenvalue weighted by atomic mass is 9.85. The standard InChI is InChI=1S/C11H21N3O2/c1-9-6-14(4-3-13(9)2)11(5-10(15)16)7-12-8-11/h9,12H,3-8H2,1-2H3,(H,15,16). The maximum atomic E-state index is 10.9. The summed E-state index contributed by atoms with van der Waals surface area (Å²) in [7, 11) is 2.13. The molecule has 1 atom stereocenters. The fourth-order valence-corrected chi connectivity index (χ4v) is 2.63. The molecule has 2 N–H and O–H groups in total. The highest BCUT2D eigenvalue weighted by molar-refractivity contribution is 5.68. The monoisotopic (exact) mass is 227 g/mol. The van der Waals surface area contributed by atoms with Crippen molar-refractivity contribution in [2.75, 3.05) is 39.8 Å². The Hall–Kier alpha value is -0.650. The van der Waals surface area contributed by atoms with E-state index in [1.807, 2.05) is 0 Å². The number of hydrogen-bond acceptors (Lipinski definition) is 4. The summed E-state index contributed by atoms with van der Waals surface area (Å²) in [6, 6.07) is 0.514. The summed E-state index contributed by atoms with van der Waals surface area (Å²) in [6.45, 7) is 6.82. The average Bonchev–Trinajstić information content (AvgIpc) is 2.16. The topological polar surface area (TPSA) is 55.8 Å². The van der Waals surface area contributed by atoms with Crippen LogP contribution in [0.25, 0.3) is 0 Å². The third kappa shape index (κ3) is 2.07. The Balaban J connectivity index is 2.02. The Labute approximate surface area is 96.4 Å². The van der Waals surface area contributed by atoms with Crippen LogP contribution in [0.3, 0.4) is 0 Å². The Kier molecular flexibility index (Phi) is 3.19. The van der Waals surface area contributed by atoms with Crippen LogP contribution in [0, 0.1) is 0 Å². The van der Waals surface area contributed by atoms with E-state index in [0.29, 0.717) is 6.04 Å². The zero-order valence-corrected chi connectivity index (χ0v) is 10.1. The third-order valence-electron chi connectivity index (χ3n) is 4.02. The number of likely N-dealkylation sites (N-methyl/N-ethyl adjacent to an activating group) is 1. The van der Waals surface area contributed by atoms with Gasteiger partial charge in [0.25, 0.3) is 0 Å². The number of carboxylic acids is 1. The third-order valence-corrected chi connectivity index (χ3v) is 4.02. The molecule has 0 bridgehead atoms. The minimum absolute atomic E-state index is 0.124. The Bertz CT molecular complexity index is 278. The molecule has 0 amide bonds. The van der Waals surface area contributed by atoms with Crippen molar-refractivity contribution in [1.82, 2.24) is 15.1 Å². The number of rotatable bonds is 3. The van der Waals surface area contributed by atoms with Crippen molar-refractivity contribution >= 4 is 5.97 Å². The fraction of sp³-hybridized carbons (Fsp3) is 0.909. The van der Waals surface area contributed by atoms with Crippen molar-refractivity contribution < 1.29 is 9.90 Å². The van der Waals surface area contributed by atoms with Crippen LogP contribution in [0.5, 0.6) is 0 Å². The summed E-state index contributed by atoms with van der Waals surface area (Å²) in [6.07, 6.45) is 0.260. The van der Waals surface area contributed by atoms with Gasteiger partial charge in [0.1, 0.15) is 0 Å². The van der Waals surface area contributed by atoms with Gasteiger partial charge in [-0.05, 0) is 14.0 Å². The van der Waals surface area contributed by atoms with Crippen molar-refractivity contribution in [1.29, 1.82) is 0 Å². The smallest absolute Gasteiger partial charge is 0.305 e. The molecule has 2 heterocycles. The van der Waals surface area contributed by atoms with Crippen molar-refractivity contribution in [3.05, 3.63) is 0 Å². The van der Waals surface area contributed by atoms with Crippen LogP contribution in [0.1, 0.15) is 13.3 Å². The molecule has 1 unspecified atom stereocenters. The zero-order valence-electron chi connectivity index (χ0n) is 10.1. The summed E-state index contributed by atoms with van der Waals surface area (Å²) in [4.78, 5) is 15.6. The lowest BCUT2D eigenvalue weighted by Crippen LogP contribution is -2.72. The van der Waals surface area contributed by atoms with Crippen molar-refractivity contribution in [2.45, 2.75) is 24.9 Å². The molecule has 0 aromatic rings. The van der Waals surface area contributed by atoms with Crippen molar-refractivity contribution in [3.63, 3.8) is 0 Å². The van der Waals surface area contributed by atoms with E-state index in [2.05, 4.69) is 29.1 Å². The number of hydrogen-bond donors (Lipinski definition) is 2. The number of piperazine rings is 1. The minimum atomic E-state index is -0.687. The maximum Gasteiger partial charge on any atom is 0.305 e. The molecule has 0 spiro atoms. The number of carbonyl (C=O) groups is 1. The fourth-order valence-electron chi connectivity index (χ4n) is 2.63. The van der Waals surface area contributed by atoms with Gasteiger partial charge in [-0.1, -0.05) is 0 Å². The highest BCUT2D eigenvalue weighted by Gasteiger charge is 2.45. The molecule has 0 aromatic carbocycles. The molecule has 2 saturated heterocycles. The first-order valence-corrected chi connectivity index (χ1v) is 5.91. The second-order valence-corrected chi connectivity index (χ2v) is 5.17. The van der Waals surface area contributed by atoms with Gasteiger partial charge in [0.05, 0.1) is 12.0 Å². The van der Waals surface area contributed by atoms with Crippen LogP contribution in [0.4, 0.5) is 0 Å². The van der Waals surface area contributed by atoms with Crippen LogP contribution in [0.2, 0.25) is 0 Å². The number of aliphatic carboxylic acids is 1.